The number of fused-ring (bicyclic) bond motifs is 4. The Morgan fingerprint density at radius 1 is 1.10 bits per heavy atom. The van der Waals surface area contributed by atoms with Crippen LogP contribution in [0, 0.1) is 0 Å². The van der Waals surface area contributed by atoms with Crippen LogP contribution in [0.3, 0.4) is 0 Å². The van der Waals surface area contributed by atoms with Crippen molar-refractivity contribution < 1.29 is 14.3 Å². The van der Waals surface area contributed by atoms with Crippen LogP contribution in [0.2, 0.25) is 0 Å². The van der Waals surface area contributed by atoms with Crippen LogP contribution in [0.15, 0.2) is 54.7 Å². The van der Waals surface area contributed by atoms with E-state index in [9.17, 15) is 9.59 Å². The zero-order valence-corrected chi connectivity index (χ0v) is 17.6. The number of rotatable bonds is 5. The number of nitrogens with zero attached hydrogens (tertiary/aromatic N) is 3. The maximum atomic E-state index is 13.9. The van der Waals surface area contributed by atoms with Gasteiger partial charge >= 0.3 is 0 Å². The molecule has 0 aliphatic carbocycles. The van der Waals surface area contributed by atoms with Crippen molar-refractivity contribution >= 4 is 23.3 Å². The van der Waals surface area contributed by atoms with Gasteiger partial charge in [0.25, 0.3) is 0 Å². The number of para-hydroxylation sites is 1. The molecule has 0 radical (unpaired) electrons. The Morgan fingerprint density at radius 3 is 2.61 bits per heavy atom. The fraction of sp³-hybridized carbons (Fsp3) is 0.292. The van der Waals surface area contributed by atoms with Crippen LogP contribution < -0.4 is 15.0 Å². The smallest absolute Gasteiger partial charge is 0.242 e. The average molecular weight is 416 g/mol. The van der Waals surface area contributed by atoms with Gasteiger partial charge in [-0.3, -0.25) is 9.59 Å². The van der Waals surface area contributed by atoms with Gasteiger partial charge in [-0.15, -0.1) is 0 Å². The average Bonchev–Trinajstić information content (AvgIpc) is 3.31. The fourth-order valence-corrected chi connectivity index (χ4v) is 4.71. The predicted octanol–water partition coefficient (Wildman–Crippen LogP) is 3.66. The quantitative estimate of drug-likeness (QED) is 0.689. The number of hydrogen-bond acceptors (Lipinski definition) is 4. The summed E-state index contributed by atoms with van der Waals surface area (Å²) in [4.78, 5) is 28.6. The molecule has 3 aromatic rings. The Balaban J connectivity index is 1.68. The number of anilines is 2. The highest BCUT2D eigenvalue weighted by molar-refractivity contribution is 6.15. The maximum absolute atomic E-state index is 13.9. The lowest BCUT2D eigenvalue weighted by Crippen LogP contribution is -2.46. The molecule has 31 heavy (non-hydrogen) atoms. The monoisotopic (exact) mass is 416 g/mol. The molecule has 7 heteroatoms. The Labute approximate surface area is 180 Å². The van der Waals surface area contributed by atoms with Gasteiger partial charge in [-0.2, -0.15) is 5.10 Å². The summed E-state index contributed by atoms with van der Waals surface area (Å²) in [6.45, 7) is 2.74. The summed E-state index contributed by atoms with van der Waals surface area (Å²) < 4.78 is 6.92. The maximum Gasteiger partial charge on any atom is 0.242 e. The summed E-state index contributed by atoms with van der Waals surface area (Å²) in [5.41, 5.74) is 2.23. The third-order valence-corrected chi connectivity index (χ3v) is 6.23. The second-order valence-corrected chi connectivity index (χ2v) is 7.97. The van der Waals surface area contributed by atoms with Gasteiger partial charge < -0.3 is 15.0 Å². The first-order valence-corrected chi connectivity index (χ1v) is 10.5. The number of aromatic nitrogens is 2. The molecule has 7 nitrogen and oxygen atoms in total. The van der Waals surface area contributed by atoms with E-state index in [1.165, 1.54) is 0 Å². The molecule has 2 aromatic carbocycles. The summed E-state index contributed by atoms with van der Waals surface area (Å²) in [6.07, 6.45) is 3.68. The number of hydrogen-bond donors (Lipinski definition) is 1. The van der Waals surface area contributed by atoms with Crippen LogP contribution >= 0.6 is 0 Å². The van der Waals surface area contributed by atoms with Crippen LogP contribution in [-0.4, -0.2) is 35.2 Å². The molecule has 0 saturated carbocycles. The van der Waals surface area contributed by atoms with Gasteiger partial charge in [0.15, 0.2) is 0 Å². The molecular formula is C24H24N4O3. The number of amides is 2. The molecule has 3 heterocycles. The SMILES string of the molecule is CCCCN1C(=O)C2(CC(=O)Nc3c2cnn3-c2ccc(OC)cc2)c2ccccc21. The van der Waals surface area contributed by atoms with E-state index in [-0.39, 0.29) is 18.2 Å². The highest BCUT2D eigenvalue weighted by atomic mass is 16.5. The minimum atomic E-state index is -1.05. The summed E-state index contributed by atoms with van der Waals surface area (Å²) in [7, 11) is 1.61. The van der Waals surface area contributed by atoms with E-state index < -0.39 is 5.41 Å². The Hall–Kier alpha value is -3.61. The van der Waals surface area contributed by atoms with Gasteiger partial charge in [-0.1, -0.05) is 31.5 Å². The van der Waals surface area contributed by atoms with E-state index in [2.05, 4.69) is 17.3 Å². The van der Waals surface area contributed by atoms with Crippen LogP contribution in [0.5, 0.6) is 5.75 Å². The molecule has 1 N–H and O–H groups in total. The third-order valence-electron chi connectivity index (χ3n) is 6.23. The van der Waals surface area contributed by atoms with Crippen molar-refractivity contribution in [2.75, 3.05) is 23.9 Å². The number of ether oxygens (including phenoxy) is 1. The fourth-order valence-electron chi connectivity index (χ4n) is 4.71. The largest absolute Gasteiger partial charge is 0.497 e. The van der Waals surface area contributed by atoms with Crippen molar-refractivity contribution in [3.05, 3.63) is 65.9 Å². The predicted molar refractivity (Wildman–Crippen MR) is 118 cm³/mol. The standard InChI is InChI=1S/C24H24N4O3/c1-3-4-13-27-20-8-6-5-7-18(20)24(23(27)30)14-21(29)26-22-19(24)15-25-28(22)16-9-11-17(31-2)12-10-16/h5-12,15H,3-4,13-14H2,1-2H3,(H,26,29). The molecule has 1 spiro atoms. The molecule has 2 aliphatic rings. The lowest BCUT2D eigenvalue weighted by molar-refractivity contribution is -0.126. The third kappa shape index (κ3) is 2.76. The van der Waals surface area contributed by atoms with Crippen molar-refractivity contribution in [3.63, 3.8) is 0 Å². The summed E-state index contributed by atoms with van der Waals surface area (Å²) >= 11 is 0. The Morgan fingerprint density at radius 2 is 1.87 bits per heavy atom. The van der Waals surface area contributed by atoms with E-state index in [4.69, 9.17) is 4.74 Å². The van der Waals surface area contributed by atoms with Crippen molar-refractivity contribution in [1.29, 1.82) is 0 Å². The lowest BCUT2D eigenvalue weighted by atomic mass is 9.72. The van der Waals surface area contributed by atoms with Gasteiger partial charge in [0.2, 0.25) is 11.8 Å². The zero-order valence-electron chi connectivity index (χ0n) is 17.6. The normalized spacial score (nSPS) is 19.4. The first-order chi connectivity index (χ1) is 15.1. The van der Waals surface area contributed by atoms with Crippen LogP contribution in [0.1, 0.15) is 37.3 Å². The number of carbonyl (C=O) groups is 2. The summed E-state index contributed by atoms with van der Waals surface area (Å²) in [6, 6.07) is 15.2. The van der Waals surface area contributed by atoms with Crippen molar-refractivity contribution in [2.45, 2.75) is 31.6 Å². The number of nitrogens with one attached hydrogen (secondary N) is 1. The molecule has 2 aliphatic heterocycles. The van der Waals surface area contributed by atoms with Gasteiger partial charge in [0.1, 0.15) is 17.0 Å². The first-order valence-electron chi connectivity index (χ1n) is 10.5. The molecule has 1 unspecified atom stereocenters. The van der Waals surface area contributed by atoms with Gasteiger partial charge in [0.05, 0.1) is 19.0 Å². The van der Waals surface area contributed by atoms with Crippen LogP contribution in [0.25, 0.3) is 5.69 Å². The second kappa shape index (κ2) is 7.27. The van der Waals surface area contributed by atoms with Gasteiger partial charge in [-0.25, -0.2) is 4.68 Å². The highest BCUT2D eigenvalue weighted by Crippen LogP contribution is 2.52. The molecule has 2 amide bonds. The van der Waals surface area contributed by atoms with Crippen molar-refractivity contribution in [2.24, 2.45) is 0 Å². The molecule has 1 aromatic heterocycles. The van der Waals surface area contributed by atoms with Crippen LogP contribution in [-0.2, 0) is 15.0 Å². The zero-order chi connectivity index (χ0) is 21.6. The summed E-state index contributed by atoms with van der Waals surface area (Å²) in [5, 5.41) is 7.52. The van der Waals surface area contributed by atoms with Crippen LogP contribution in [0.4, 0.5) is 11.5 Å². The first kappa shape index (κ1) is 19.4. The number of unbranched alkanes of at least 4 members (excludes halogenated alkanes) is 1. The number of methoxy groups -OCH3 is 1. The number of carbonyl (C=O) groups excluding carboxylic acids is 2. The minimum absolute atomic E-state index is 0.0486. The van der Waals surface area contributed by atoms with E-state index >= 15 is 0 Å². The van der Waals surface area contributed by atoms with Crippen molar-refractivity contribution in [1.82, 2.24) is 9.78 Å². The Bertz CT molecular complexity index is 1170. The molecule has 0 fully saturated rings. The Kier molecular flexibility index (Phi) is 4.54. The lowest BCUT2D eigenvalue weighted by Gasteiger charge is -2.32. The van der Waals surface area contributed by atoms with E-state index in [0.29, 0.717) is 12.4 Å². The molecule has 5 rings (SSSR count). The second-order valence-electron chi connectivity index (χ2n) is 7.97. The molecule has 0 bridgehead atoms. The molecule has 1 atom stereocenters. The topological polar surface area (TPSA) is 76.5 Å². The summed E-state index contributed by atoms with van der Waals surface area (Å²) in [5.74, 6) is 1.04. The molecule has 0 saturated heterocycles. The van der Waals surface area contributed by atoms with E-state index in [1.807, 2.05) is 53.4 Å². The van der Waals surface area contributed by atoms with Gasteiger partial charge in [-0.05, 0) is 42.3 Å². The molecule has 158 valence electrons. The highest BCUT2D eigenvalue weighted by Gasteiger charge is 2.56. The van der Waals surface area contributed by atoms with E-state index in [0.717, 1.165) is 41.1 Å². The number of benzene rings is 2. The minimum Gasteiger partial charge on any atom is -0.497 e. The molecular weight excluding hydrogens is 392 g/mol. The van der Waals surface area contributed by atoms with Gasteiger partial charge in [0, 0.05) is 24.2 Å². The van der Waals surface area contributed by atoms with Crippen molar-refractivity contribution in [3.8, 4) is 11.4 Å². The van der Waals surface area contributed by atoms with E-state index in [1.54, 1.807) is 18.0 Å².